The van der Waals surface area contributed by atoms with Crippen LogP contribution in [0.2, 0.25) is 0 Å². The largest absolute Gasteiger partial charge is 0.497 e. The van der Waals surface area contributed by atoms with Crippen molar-refractivity contribution >= 4 is 11.8 Å². The minimum absolute atomic E-state index is 0.0277. The van der Waals surface area contributed by atoms with E-state index in [0.717, 1.165) is 11.3 Å². The van der Waals surface area contributed by atoms with E-state index in [1.165, 1.54) is 7.11 Å². The molecule has 0 aliphatic carbocycles. The molecule has 1 heterocycles. The van der Waals surface area contributed by atoms with E-state index in [1.807, 2.05) is 24.3 Å². The highest BCUT2D eigenvalue weighted by molar-refractivity contribution is 5.99. The third-order valence-corrected chi connectivity index (χ3v) is 4.08. The van der Waals surface area contributed by atoms with Crippen molar-refractivity contribution in [3.63, 3.8) is 0 Å². The summed E-state index contributed by atoms with van der Waals surface area (Å²) in [7, 11) is 2.96. The van der Waals surface area contributed by atoms with E-state index in [9.17, 15) is 9.59 Å². The first-order valence-corrected chi connectivity index (χ1v) is 7.05. The molecular weight excluding hydrogens is 270 g/mol. The number of esters is 1. The Balaban J connectivity index is 2.09. The van der Waals surface area contributed by atoms with Gasteiger partial charge in [0.1, 0.15) is 17.5 Å². The second-order valence-electron chi connectivity index (χ2n) is 5.24. The van der Waals surface area contributed by atoms with Crippen LogP contribution in [0.15, 0.2) is 24.3 Å². The molecule has 0 bridgehead atoms. The van der Waals surface area contributed by atoms with Crippen molar-refractivity contribution in [2.45, 2.75) is 19.4 Å². The zero-order chi connectivity index (χ0) is 15.4. The Morgan fingerprint density at radius 1 is 1.29 bits per heavy atom. The predicted octanol–water partition coefficient (Wildman–Crippen LogP) is 1.82. The van der Waals surface area contributed by atoms with Gasteiger partial charge in [-0.15, -0.1) is 0 Å². The smallest absolute Gasteiger partial charge is 0.317 e. The minimum atomic E-state index is -0.663. The Kier molecular flexibility index (Phi) is 4.96. The zero-order valence-corrected chi connectivity index (χ0v) is 12.7. The van der Waals surface area contributed by atoms with E-state index in [0.29, 0.717) is 19.5 Å². The molecule has 21 heavy (non-hydrogen) atoms. The Morgan fingerprint density at radius 3 is 2.52 bits per heavy atom. The van der Waals surface area contributed by atoms with Gasteiger partial charge in [0, 0.05) is 25.6 Å². The van der Waals surface area contributed by atoms with E-state index in [-0.39, 0.29) is 11.8 Å². The fourth-order valence-corrected chi connectivity index (χ4v) is 2.65. The SMILES string of the molecule is COC(=O)C1CN(C(C)c2ccc(OC)cc2)CCC1=O. The van der Waals surface area contributed by atoms with Gasteiger partial charge in [-0.2, -0.15) is 0 Å². The number of nitrogens with zero attached hydrogens (tertiary/aromatic N) is 1. The molecule has 1 aromatic rings. The van der Waals surface area contributed by atoms with Crippen LogP contribution in [-0.2, 0) is 14.3 Å². The minimum Gasteiger partial charge on any atom is -0.497 e. The molecule has 1 aliphatic rings. The molecule has 0 radical (unpaired) electrons. The number of ether oxygens (including phenoxy) is 2. The normalized spacial score (nSPS) is 20.9. The molecule has 0 amide bonds. The number of carbonyl (C=O) groups is 2. The predicted molar refractivity (Wildman–Crippen MR) is 78.1 cm³/mol. The molecular formula is C16H21NO4. The molecule has 114 valence electrons. The topological polar surface area (TPSA) is 55.8 Å². The highest BCUT2D eigenvalue weighted by Gasteiger charge is 2.35. The maximum Gasteiger partial charge on any atom is 0.317 e. The van der Waals surface area contributed by atoms with E-state index in [1.54, 1.807) is 7.11 Å². The van der Waals surface area contributed by atoms with Crippen LogP contribution in [0.25, 0.3) is 0 Å². The van der Waals surface area contributed by atoms with Crippen LogP contribution < -0.4 is 4.74 Å². The van der Waals surface area contributed by atoms with Gasteiger partial charge in [-0.3, -0.25) is 14.5 Å². The number of hydrogen-bond donors (Lipinski definition) is 0. The first-order valence-electron chi connectivity index (χ1n) is 7.05. The Labute approximate surface area is 124 Å². The van der Waals surface area contributed by atoms with Gasteiger partial charge in [0.15, 0.2) is 0 Å². The molecule has 0 saturated carbocycles. The summed E-state index contributed by atoms with van der Waals surface area (Å²) in [6.45, 7) is 3.16. The Hall–Kier alpha value is -1.88. The zero-order valence-electron chi connectivity index (χ0n) is 12.7. The molecule has 5 heteroatoms. The quantitative estimate of drug-likeness (QED) is 0.625. The lowest BCUT2D eigenvalue weighted by Gasteiger charge is -2.35. The Morgan fingerprint density at radius 2 is 1.95 bits per heavy atom. The molecule has 0 aromatic heterocycles. The first-order chi connectivity index (χ1) is 10.1. The Bertz CT molecular complexity index is 504. The number of carbonyl (C=O) groups excluding carboxylic acids is 2. The van der Waals surface area contributed by atoms with Gasteiger partial charge in [0.2, 0.25) is 0 Å². The number of ketones is 1. The summed E-state index contributed by atoms with van der Waals surface area (Å²) < 4.78 is 9.87. The monoisotopic (exact) mass is 291 g/mol. The van der Waals surface area contributed by atoms with E-state index >= 15 is 0 Å². The highest BCUT2D eigenvalue weighted by Crippen LogP contribution is 2.27. The summed E-state index contributed by atoms with van der Waals surface area (Å²) in [5.41, 5.74) is 1.13. The summed E-state index contributed by atoms with van der Waals surface area (Å²) in [5.74, 6) is -0.316. The van der Waals surface area contributed by atoms with Gasteiger partial charge in [-0.05, 0) is 24.6 Å². The number of rotatable bonds is 4. The molecule has 0 N–H and O–H groups in total. The summed E-state index contributed by atoms with van der Waals surface area (Å²) >= 11 is 0. The van der Waals surface area contributed by atoms with E-state index in [2.05, 4.69) is 11.8 Å². The summed E-state index contributed by atoms with van der Waals surface area (Å²) in [6, 6.07) is 7.98. The fourth-order valence-electron chi connectivity index (χ4n) is 2.65. The van der Waals surface area contributed by atoms with Crippen LogP contribution in [0, 0.1) is 5.92 Å². The summed E-state index contributed by atoms with van der Waals surface area (Å²) in [4.78, 5) is 25.7. The van der Waals surface area contributed by atoms with Gasteiger partial charge in [0.05, 0.1) is 14.2 Å². The molecule has 0 spiro atoms. The van der Waals surface area contributed by atoms with Gasteiger partial charge in [-0.1, -0.05) is 12.1 Å². The lowest BCUT2D eigenvalue weighted by Crippen LogP contribution is -2.45. The average Bonchev–Trinajstić information content (AvgIpc) is 2.54. The van der Waals surface area contributed by atoms with Gasteiger partial charge in [-0.25, -0.2) is 0 Å². The van der Waals surface area contributed by atoms with Crippen LogP contribution in [0.1, 0.15) is 24.9 Å². The number of hydrogen-bond acceptors (Lipinski definition) is 5. The van der Waals surface area contributed by atoms with Gasteiger partial charge < -0.3 is 9.47 Å². The maximum atomic E-state index is 11.8. The molecule has 2 rings (SSSR count). The van der Waals surface area contributed by atoms with E-state index in [4.69, 9.17) is 9.47 Å². The third kappa shape index (κ3) is 3.42. The van der Waals surface area contributed by atoms with Crippen molar-refractivity contribution in [1.82, 2.24) is 4.90 Å². The standard InChI is InChI=1S/C16H21NO4/c1-11(12-4-6-13(20-2)7-5-12)17-9-8-15(18)14(10-17)16(19)21-3/h4-7,11,14H,8-10H2,1-3H3. The number of methoxy groups -OCH3 is 2. The van der Waals surface area contributed by atoms with Crippen molar-refractivity contribution in [3.8, 4) is 5.75 Å². The highest BCUT2D eigenvalue weighted by atomic mass is 16.5. The molecule has 1 fully saturated rings. The molecule has 1 aliphatic heterocycles. The third-order valence-electron chi connectivity index (χ3n) is 4.08. The van der Waals surface area contributed by atoms with Gasteiger partial charge in [0.25, 0.3) is 0 Å². The number of likely N-dealkylation sites (tertiary alicyclic amines) is 1. The number of Topliss-reactive ketones (excluding diaryl/α,β-unsaturated/α-hetero) is 1. The van der Waals surface area contributed by atoms with Gasteiger partial charge >= 0.3 is 5.97 Å². The van der Waals surface area contributed by atoms with E-state index < -0.39 is 11.9 Å². The van der Waals surface area contributed by atoms with Crippen LogP contribution >= 0.6 is 0 Å². The van der Waals surface area contributed by atoms with Crippen molar-refractivity contribution in [3.05, 3.63) is 29.8 Å². The summed E-state index contributed by atoms with van der Waals surface area (Å²) in [5, 5.41) is 0. The van der Waals surface area contributed by atoms with Crippen molar-refractivity contribution in [2.75, 3.05) is 27.3 Å². The lowest BCUT2D eigenvalue weighted by molar-refractivity contribution is -0.152. The number of piperidine rings is 1. The maximum absolute atomic E-state index is 11.8. The molecule has 2 atom stereocenters. The number of benzene rings is 1. The van der Waals surface area contributed by atoms with Crippen molar-refractivity contribution in [1.29, 1.82) is 0 Å². The molecule has 5 nitrogen and oxygen atoms in total. The van der Waals surface area contributed by atoms with Crippen molar-refractivity contribution in [2.24, 2.45) is 5.92 Å². The second-order valence-corrected chi connectivity index (χ2v) is 5.24. The van der Waals surface area contributed by atoms with Crippen LogP contribution in [0.4, 0.5) is 0 Å². The first kappa shape index (κ1) is 15.5. The molecule has 1 saturated heterocycles. The van der Waals surface area contributed by atoms with Crippen LogP contribution in [0.5, 0.6) is 5.75 Å². The van der Waals surface area contributed by atoms with Crippen LogP contribution in [-0.4, -0.2) is 44.0 Å². The molecule has 2 unspecified atom stereocenters. The fraction of sp³-hybridized carbons (Fsp3) is 0.500. The van der Waals surface area contributed by atoms with Crippen LogP contribution in [0.3, 0.4) is 0 Å². The summed E-state index contributed by atoms with van der Waals surface area (Å²) in [6.07, 6.45) is 0.389. The molecule has 1 aromatic carbocycles. The second kappa shape index (κ2) is 6.72. The average molecular weight is 291 g/mol. The lowest BCUT2D eigenvalue weighted by atomic mass is 9.94. The van der Waals surface area contributed by atoms with Crippen molar-refractivity contribution < 1.29 is 19.1 Å².